The van der Waals surface area contributed by atoms with Gasteiger partial charge in [0.25, 0.3) is 5.91 Å². The second-order valence-electron chi connectivity index (χ2n) is 7.06. The number of aromatic amines is 2. The number of nitrogens with zero attached hydrogens (tertiary/aromatic N) is 3. The first-order valence-corrected chi connectivity index (χ1v) is 9.32. The highest BCUT2D eigenvalue weighted by Crippen LogP contribution is 2.21. The number of carbonyl (C=O) groups is 1. The molecule has 1 amide bonds. The van der Waals surface area contributed by atoms with Crippen molar-refractivity contribution in [3.8, 4) is 0 Å². The summed E-state index contributed by atoms with van der Waals surface area (Å²) in [6, 6.07) is 10.9. The van der Waals surface area contributed by atoms with Gasteiger partial charge in [-0.05, 0) is 25.0 Å². The first-order valence-electron chi connectivity index (χ1n) is 9.32. The highest BCUT2D eigenvalue weighted by atomic mass is 16.2. The predicted octanol–water partition coefficient (Wildman–Crippen LogP) is 1.13. The van der Waals surface area contributed by atoms with Gasteiger partial charge in [0.1, 0.15) is 5.69 Å². The summed E-state index contributed by atoms with van der Waals surface area (Å²) in [6.45, 7) is 5.55. The van der Waals surface area contributed by atoms with Crippen molar-refractivity contribution < 1.29 is 4.79 Å². The smallest absolute Gasteiger partial charge is 0.323 e. The Kier molecular flexibility index (Phi) is 4.79. The average molecular weight is 355 g/mol. The van der Waals surface area contributed by atoms with Gasteiger partial charge in [-0.25, -0.2) is 4.79 Å². The summed E-state index contributed by atoms with van der Waals surface area (Å²) in [6.07, 6.45) is 3.59. The first kappa shape index (κ1) is 16.9. The molecule has 0 spiro atoms. The minimum atomic E-state index is -0.334. The van der Waals surface area contributed by atoms with E-state index in [2.05, 4.69) is 44.0 Å². The van der Waals surface area contributed by atoms with Crippen LogP contribution in [0.25, 0.3) is 0 Å². The molecule has 3 heterocycles. The SMILES string of the molecule is O=C(c1c[nH]c(=O)[nH]1)N1CCC[C@H](N2CCN(c3ccccc3)CC2)C1. The van der Waals surface area contributed by atoms with Crippen LogP contribution in [0.5, 0.6) is 0 Å². The predicted molar refractivity (Wildman–Crippen MR) is 101 cm³/mol. The number of aromatic nitrogens is 2. The molecule has 2 fully saturated rings. The summed E-state index contributed by atoms with van der Waals surface area (Å²) >= 11 is 0. The monoisotopic (exact) mass is 355 g/mol. The van der Waals surface area contributed by atoms with Crippen molar-refractivity contribution in [1.82, 2.24) is 19.8 Å². The number of carbonyl (C=O) groups excluding carboxylic acids is 1. The lowest BCUT2D eigenvalue weighted by Gasteiger charge is -2.43. The molecular weight excluding hydrogens is 330 g/mol. The van der Waals surface area contributed by atoms with Crippen LogP contribution in [-0.2, 0) is 0 Å². The number of rotatable bonds is 3. The molecule has 1 atom stereocenters. The molecule has 0 aliphatic carbocycles. The van der Waals surface area contributed by atoms with E-state index >= 15 is 0 Å². The van der Waals surface area contributed by atoms with E-state index in [9.17, 15) is 9.59 Å². The third kappa shape index (κ3) is 3.53. The normalized spacial score (nSPS) is 21.8. The lowest BCUT2D eigenvalue weighted by Crippen LogP contribution is -2.56. The van der Waals surface area contributed by atoms with Crippen molar-refractivity contribution in [2.24, 2.45) is 0 Å². The van der Waals surface area contributed by atoms with Gasteiger partial charge in [-0.1, -0.05) is 18.2 Å². The summed E-state index contributed by atoms with van der Waals surface area (Å²) in [5.41, 5.74) is 1.30. The second-order valence-corrected chi connectivity index (χ2v) is 7.06. The Morgan fingerprint density at radius 1 is 1.04 bits per heavy atom. The quantitative estimate of drug-likeness (QED) is 0.865. The number of anilines is 1. The molecular formula is C19H25N5O2. The number of benzene rings is 1. The third-order valence-corrected chi connectivity index (χ3v) is 5.46. The maximum Gasteiger partial charge on any atom is 0.323 e. The number of nitrogens with one attached hydrogen (secondary N) is 2. The number of H-pyrrole nitrogens is 2. The number of likely N-dealkylation sites (tertiary alicyclic amines) is 1. The average Bonchev–Trinajstić information content (AvgIpc) is 3.15. The lowest BCUT2D eigenvalue weighted by atomic mass is 10.0. The summed E-state index contributed by atoms with van der Waals surface area (Å²) in [5.74, 6) is -0.0871. The molecule has 2 N–H and O–H groups in total. The zero-order chi connectivity index (χ0) is 17.9. The molecule has 138 valence electrons. The van der Waals surface area contributed by atoms with Crippen LogP contribution in [0.1, 0.15) is 23.3 Å². The van der Waals surface area contributed by atoms with Crippen LogP contribution in [0.3, 0.4) is 0 Å². The van der Waals surface area contributed by atoms with Crippen molar-refractivity contribution in [3.63, 3.8) is 0 Å². The van der Waals surface area contributed by atoms with Gasteiger partial charge in [-0.15, -0.1) is 0 Å². The zero-order valence-corrected chi connectivity index (χ0v) is 14.9. The Bertz CT molecular complexity index is 792. The number of hydrogen-bond acceptors (Lipinski definition) is 4. The fourth-order valence-electron chi connectivity index (χ4n) is 4.04. The Hall–Kier alpha value is -2.54. The van der Waals surface area contributed by atoms with Crippen LogP contribution in [-0.4, -0.2) is 71.0 Å². The van der Waals surface area contributed by atoms with Crippen molar-refractivity contribution in [2.45, 2.75) is 18.9 Å². The molecule has 0 radical (unpaired) electrons. The van der Waals surface area contributed by atoms with Crippen molar-refractivity contribution in [1.29, 1.82) is 0 Å². The van der Waals surface area contributed by atoms with Gasteiger partial charge in [0.2, 0.25) is 0 Å². The topological polar surface area (TPSA) is 75.4 Å². The van der Waals surface area contributed by atoms with Crippen LogP contribution in [0.4, 0.5) is 5.69 Å². The molecule has 2 aromatic rings. The van der Waals surface area contributed by atoms with E-state index in [0.29, 0.717) is 11.7 Å². The molecule has 1 aromatic heterocycles. The minimum Gasteiger partial charge on any atom is -0.369 e. The standard InChI is InChI=1S/C19H25N5O2/c25-18(17-13-20-19(26)21-17)24-8-4-7-16(14-24)23-11-9-22(10-12-23)15-5-2-1-3-6-15/h1-3,5-6,13,16H,4,7-12,14H2,(H2,20,21,26)/t16-/m0/s1. The fourth-order valence-corrected chi connectivity index (χ4v) is 4.04. The van der Waals surface area contributed by atoms with Crippen molar-refractivity contribution in [3.05, 3.63) is 52.7 Å². The van der Waals surface area contributed by atoms with Crippen molar-refractivity contribution in [2.75, 3.05) is 44.2 Å². The molecule has 2 aliphatic rings. The minimum absolute atomic E-state index is 0.0871. The van der Waals surface area contributed by atoms with E-state index < -0.39 is 0 Å². The van der Waals surface area contributed by atoms with Gasteiger partial charge in [0.05, 0.1) is 0 Å². The van der Waals surface area contributed by atoms with E-state index in [-0.39, 0.29) is 11.6 Å². The van der Waals surface area contributed by atoms with Crippen LogP contribution in [0.2, 0.25) is 0 Å². The Labute approximate surface area is 152 Å². The molecule has 0 saturated carbocycles. The van der Waals surface area contributed by atoms with E-state index in [1.54, 1.807) is 0 Å². The van der Waals surface area contributed by atoms with Gasteiger partial charge in [-0.2, -0.15) is 0 Å². The summed E-state index contributed by atoms with van der Waals surface area (Å²) in [7, 11) is 0. The number of hydrogen-bond donors (Lipinski definition) is 2. The summed E-state index contributed by atoms with van der Waals surface area (Å²) < 4.78 is 0. The largest absolute Gasteiger partial charge is 0.369 e. The fraction of sp³-hybridized carbons (Fsp3) is 0.474. The zero-order valence-electron chi connectivity index (χ0n) is 14.9. The Balaban J connectivity index is 1.35. The second kappa shape index (κ2) is 7.37. The molecule has 2 aliphatic heterocycles. The molecule has 0 unspecified atom stereocenters. The number of piperidine rings is 1. The summed E-state index contributed by atoms with van der Waals surface area (Å²) in [4.78, 5) is 35.7. The molecule has 7 nitrogen and oxygen atoms in total. The molecule has 7 heteroatoms. The molecule has 26 heavy (non-hydrogen) atoms. The highest BCUT2D eigenvalue weighted by molar-refractivity contribution is 5.92. The van der Waals surface area contributed by atoms with Gasteiger partial charge in [-0.3, -0.25) is 9.69 Å². The van der Waals surface area contributed by atoms with E-state index in [1.165, 1.54) is 11.9 Å². The van der Waals surface area contributed by atoms with Crippen LogP contribution < -0.4 is 10.6 Å². The molecule has 0 bridgehead atoms. The third-order valence-electron chi connectivity index (χ3n) is 5.46. The Morgan fingerprint density at radius 2 is 1.81 bits per heavy atom. The van der Waals surface area contributed by atoms with Gasteiger partial charge < -0.3 is 19.8 Å². The molecule has 1 aromatic carbocycles. The molecule has 2 saturated heterocycles. The maximum absolute atomic E-state index is 12.6. The van der Waals surface area contributed by atoms with E-state index in [4.69, 9.17) is 0 Å². The number of imidazole rings is 1. The lowest BCUT2D eigenvalue weighted by molar-refractivity contribution is 0.0558. The van der Waals surface area contributed by atoms with Crippen LogP contribution >= 0.6 is 0 Å². The van der Waals surface area contributed by atoms with E-state index in [0.717, 1.165) is 52.1 Å². The van der Waals surface area contributed by atoms with Gasteiger partial charge >= 0.3 is 5.69 Å². The first-order chi connectivity index (χ1) is 12.7. The Morgan fingerprint density at radius 3 is 2.50 bits per heavy atom. The number of para-hydroxylation sites is 1. The highest BCUT2D eigenvalue weighted by Gasteiger charge is 2.30. The van der Waals surface area contributed by atoms with Crippen LogP contribution in [0.15, 0.2) is 41.3 Å². The summed E-state index contributed by atoms with van der Waals surface area (Å²) in [5, 5.41) is 0. The van der Waals surface area contributed by atoms with E-state index in [1.807, 2.05) is 11.0 Å². The number of amides is 1. The van der Waals surface area contributed by atoms with Crippen molar-refractivity contribution >= 4 is 11.6 Å². The molecule has 4 rings (SSSR count). The van der Waals surface area contributed by atoms with Crippen LogP contribution in [0, 0.1) is 0 Å². The number of piperazine rings is 1. The van der Waals surface area contributed by atoms with Gasteiger partial charge in [0, 0.05) is 57.2 Å². The van der Waals surface area contributed by atoms with Gasteiger partial charge in [0.15, 0.2) is 0 Å². The maximum atomic E-state index is 12.6.